The van der Waals surface area contributed by atoms with Crippen molar-refractivity contribution >= 4 is 23.0 Å². The predicted molar refractivity (Wildman–Crippen MR) is 108 cm³/mol. The normalized spacial score (nSPS) is 13.7. The zero-order valence-electron chi connectivity index (χ0n) is 15.3. The Balaban J connectivity index is 1.62. The van der Waals surface area contributed by atoms with E-state index >= 15 is 0 Å². The van der Waals surface area contributed by atoms with Crippen molar-refractivity contribution in [1.82, 2.24) is 20.1 Å². The summed E-state index contributed by atoms with van der Waals surface area (Å²) in [6.45, 7) is 5.29. The van der Waals surface area contributed by atoms with Gasteiger partial charge >= 0.3 is 0 Å². The van der Waals surface area contributed by atoms with Gasteiger partial charge in [-0.2, -0.15) is 0 Å². The van der Waals surface area contributed by atoms with Gasteiger partial charge < -0.3 is 19.9 Å². The van der Waals surface area contributed by atoms with Gasteiger partial charge in [0.15, 0.2) is 10.9 Å². The van der Waals surface area contributed by atoms with Crippen LogP contribution in [0.2, 0.25) is 0 Å². The molecule has 2 N–H and O–H groups in total. The predicted octanol–water partition coefficient (Wildman–Crippen LogP) is 3.38. The fourth-order valence-electron chi connectivity index (χ4n) is 3.13. The average Bonchev–Trinajstić information content (AvgIpc) is 2.90. The summed E-state index contributed by atoms with van der Waals surface area (Å²) < 4.78 is 7.59. The molecule has 140 valence electrons. The van der Waals surface area contributed by atoms with Crippen LogP contribution < -0.4 is 10.6 Å². The SMILES string of the molecule is CCOCCCNC(=S)Nc1cccc(-c2nnc3n2CCCCC3)c1. The van der Waals surface area contributed by atoms with Crippen molar-refractivity contribution in [3.63, 3.8) is 0 Å². The van der Waals surface area contributed by atoms with Crippen molar-refractivity contribution in [1.29, 1.82) is 0 Å². The summed E-state index contributed by atoms with van der Waals surface area (Å²) in [5.41, 5.74) is 2.02. The second-order valence-electron chi connectivity index (χ2n) is 6.41. The summed E-state index contributed by atoms with van der Waals surface area (Å²) in [6.07, 6.45) is 5.59. The summed E-state index contributed by atoms with van der Waals surface area (Å²) in [5.74, 6) is 2.04. The Labute approximate surface area is 160 Å². The lowest BCUT2D eigenvalue weighted by molar-refractivity contribution is 0.146. The molecule has 3 rings (SSSR count). The number of hydrogen-bond acceptors (Lipinski definition) is 4. The minimum Gasteiger partial charge on any atom is -0.382 e. The molecule has 1 aliphatic heterocycles. The monoisotopic (exact) mass is 373 g/mol. The van der Waals surface area contributed by atoms with Crippen molar-refractivity contribution in [2.45, 2.75) is 45.6 Å². The number of ether oxygens (including phenoxy) is 1. The summed E-state index contributed by atoms with van der Waals surface area (Å²) in [7, 11) is 0. The fraction of sp³-hybridized carbons (Fsp3) is 0.526. The Morgan fingerprint density at radius 2 is 2.19 bits per heavy atom. The van der Waals surface area contributed by atoms with E-state index < -0.39 is 0 Å². The van der Waals surface area contributed by atoms with Gasteiger partial charge in [-0.15, -0.1) is 10.2 Å². The van der Waals surface area contributed by atoms with Crippen LogP contribution in [0, 0.1) is 0 Å². The van der Waals surface area contributed by atoms with E-state index in [2.05, 4.69) is 37.5 Å². The molecule has 0 radical (unpaired) electrons. The molecule has 0 spiro atoms. The maximum Gasteiger partial charge on any atom is 0.170 e. The number of aromatic nitrogens is 3. The van der Waals surface area contributed by atoms with Crippen molar-refractivity contribution in [3.8, 4) is 11.4 Å². The first-order valence-corrected chi connectivity index (χ1v) is 9.84. The maximum absolute atomic E-state index is 5.38. The summed E-state index contributed by atoms with van der Waals surface area (Å²) >= 11 is 5.38. The highest BCUT2D eigenvalue weighted by atomic mass is 32.1. The van der Waals surface area contributed by atoms with Crippen LogP contribution in [0.3, 0.4) is 0 Å². The first-order chi connectivity index (χ1) is 12.8. The van der Waals surface area contributed by atoms with E-state index in [1.807, 2.05) is 19.1 Å². The Morgan fingerprint density at radius 1 is 1.27 bits per heavy atom. The van der Waals surface area contributed by atoms with Crippen LogP contribution in [0.4, 0.5) is 5.69 Å². The molecule has 0 unspecified atom stereocenters. The fourth-order valence-corrected chi connectivity index (χ4v) is 3.35. The minimum atomic E-state index is 0.624. The van der Waals surface area contributed by atoms with Crippen LogP contribution >= 0.6 is 12.2 Å². The van der Waals surface area contributed by atoms with E-state index in [9.17, 15) is 0 Å². The Bertz CT molecular complexity index is 730. The van der Waals surface area contributed by atoms with Crippen LogP contribution in [0.15, 0.2) is 24.3 Å². The van der Waals surface area contributed by atoms with E-state index in [0.29, 0.717) is 5.11 Å². The molecular weight excluding hydrogens is 346 g/mol. The number of nitrogens with one attached hydrogen (secondary N) is 2. The van der Waals surface area contributed by atoms with Gasteiger partial charge in [0.05, 0.1) is 0 Å². The van der Waals surface area contributed by atoms with E-state index in [4.69, 9.17) is 17.0 Å². The zero-order chi connectivity index (χ0) is 18.2. The number of anilines is 1. The molecule has 1 aromatic heterocycles. The molecule has 6 nitrogen and oxygen atoms in total. The van der Waals surface area contributed by atoms with Gasteiger partial charge in [0.2, 0.25) is 0 Å². The highest BCUT2D eigenvalue weighted by Gasteiger charge is 2.16. The molecule has 26 heavy (non-hydrogen) atoms. The number of fused-ring (bicyclic) bond motifs is 1. The van der Waals surface area contributed by atoms with Crippen molar-refractivity contribution in [2.75, 3.05) is 25.1 Å². The maximum atomic E-state index is 5.38. The minimum absolute atomic E-state index is 0.624. The van der Waals surface area contributed by atoms with E-state index in [-0.39, 0.29) is 0 Å². The van der Waals surface area contributed by atoms with Crippen molar-refractivity contribution in [2.24, 2.45) is 0 Å². The molecule has 0 fully saturated rings. The van der Waals surface area contributed by atoms with Crippen LogP contribution in [-0.2, 0) is 17.7 Å². The molecule has 2 heterocycles. The molecule has 0 amide bonds. The molecule has 0 aliphatic carbocycles. The highest BCUT2D eigenvalue weighted by molar-refractivity contribution is 7.80. The molecule has 0 atom stereocenters. The topological polar surface area (TPSA) is 64.0 Å². The first-order valence-electron chi connectivity index (χ1n) is 9.43. The number of hydrogen-bond donors (Lipinski definition) is 2. The molecule has 2 aromatic rings. The van der Waals surface area contributed by atoms with Crippen LogP contribution in [0.25, 0.3) is 11.4 Å². The van der Waals surface area contributed by atoms with Crippen LogP contribution in [0.5, 0.6) is 0 Å². The van der Waals surface area contributed by atoms with E-state index in [1.54, 1.807) is 0 Å². The van der Waals surface area contributed by atoms with Gasteiger partial charge in [-0.25, -0.2) is 0 Å². The molecule has 0 saturated heterocycles. The summed E-state index contributed by atoms with van der Waals surface area (Å²) in [5, 5.41) is 15.9. The Morgan fingerprint density at radius 3 is 3.08 bits per heavy atom. The lowest BCUT2D eigenvalue weighted by Crippen LogP contribution is -2.29. The second kappa shape index (κ2) is 9.64. The smallest absolute Gasteiger partial charge is 0.170 e. The molecule has 7 heteroatoms. The van der Waals surface area contributed by atoms with E-state index in [0.717, 1.165) is 62.0 Å². The highest BCUT2D eigenvalue weighted by Crippen LogP contribution is 2.24. The van der Waals surface area contributed by atoms with Gasteiger partial charge in [0.1, 0.15) is 5.82 Å². The molecule has 1 aromatic carbocycles. The number of benzene rings is 1. The third-order valence-electron chi connectivity index (χ3n) is 4.44. The molecule has 0 bridgehead atoms. The molecular formula is C19H27N5OS. The van der Waals surface area contributed by atoms with Gasteiger partial charge in [0.25, 0.3) is 0 Å². The Hall–Kier alpha value is -1.99. The number of thiocarbonyl (C=S) groups is 1. The zero-order valence-corrected chi connectivity index (χ0v) is 16.1. The van der Waals surface area contributed by atoms with Crippen LogP contribution in [0.1, 0.15) is 38.4 Å². The van der Waals surface area contributed by atoms with Gasteiger partial charge in [0, 0.05) is 44.0 Å². The molecule has 1 aliphatic rings. The number of rotatable bonds is 7. The second-order valence-corrected chi connectivity index (χ2v) is 6.82. The van der Waals surface area contributed by atoms with Crippen molar-refractivity contribution in [3.05, 3.63) is 30.1 Å². The van der Waals surface area contributed by atoms with E-state index in [1.165, 1.54) is 19.3 Å². The van der Waals surface area contributed by atoms with Gasteiger partial charge in [-0.3, -0.25) is 0 Å². The summed E-state index contributed by atoms with van der Waals surface area (Å²) in [4.78, 5) is 0. The van der Waals surface area contributed by atoms with Gasteiger partial charge in [-0.1, -0.05) is 18.6 Å². The van der Waals surface area contributed by atoms with Crippen LogP contribution in [-0.4, -0.2) is 39.6 Å². The number of nitrogens with zero attached hydrogens (tertiary/aromatic N) is 3. The molecule has 0 saturated carbocycles. The quantitative estimate of drug-likeness (QED) is 0.573. The number of aryl methyl sites for hydroxylation is 1. The third-order valence-corrected chi connectivity index (χ3v) is 4.69. The Kier molecular flexibility index (Phi) is 6.96. The lowest BCUT2D eigenvalue weighted by Gasteiger charge is -2.12. The first kappa shape index (κ1) is 18.8. The van der Waals surface area contributed by atoms with Crippen molar-refractivity contribution < 1.29 is 4.74 Å². The van der Waals surface area contributed by atoms with Gasteiger partial charge in [-0.05, 0) is 50.5 Å². The lowest BCUT2D eigenvalue weighted by atomic mass is 10.2. The standard InChI is InChI=1S/C19H27N5OS/c1-2-25-13-7-11-20-19(26)21-16-9-6-8-15(14-16)18-23-22-17-10-4-3-5-12-24(17)18/h6,8-9,14H,2-5,7,10-13H2,1H3,(H2,20,21,26). The third kappa shape index (κ3) is 5.02. The average molecular weight is 374 g/mol. The largest absolute Gasteiger partial charge is 0.382 e. The summed E-state index contributed by atoms with van der Waals surface area (Å²) in [6, 6.07) is 8.19.